The summed E-state index contributed by atoms with van der Waals surface area (Å²) in [5, 5.41) is 0. The van der Waals surface area contributed by atoms with Crippen LogP contribution in [-0.4, -0.2) is 22.6 Å². The number of rotatable bonds is 2. The van der Waals surface area contributed by atoms with Crippen LogP contribution in [0.25, 0.3) is 11.0 Å². The van der Waals surface area contributed by atoms with Gasteiger partial charge in [0.1, 0.15) is 5.82 Å². The van der Waals surface area contributed by atoms with Crippen molar-refractivity contribution in [3.8, 4) is 0 Å². The first kappa shape index (κ1) is 12.5. The summed E-state index contributed by atoms with van der Waals surface area (Å²) < 4.78 is 2.08. The van der Waals surface area contributed by atoms with Crippen molar-refractivity contribution in [2.24, 2.45) is 12.8 Å². The summed E-state index contributed by atoms with van der Waals surface area (Å²) in [6.45, 7) is 2.83. The van der Waals surface area contributed by atoms with E-state index in [-0.39, 0.29) is 0 Å². The Morgan fingerprint density at radius 3 is 2.58 bits per heavy atom. The van der Waals surface area contributed by atoms with Gasteiger partial charge < -0.3 is 15.2 Å². The van der Waals surface area contributed by atoms with E-state index in [2.05, 4.69) is 32.7 Å². The molecule has 0 spiro atoms. The number of benzene rings is 1. The Morgan fingerprint density at radius 2 is 1.89 bits per heavy atom. The van der Waals surface area contributed by atoms with Crippen LogP contribution in [0, 0.1) is 0 Å². The van der Waals surface area contributed by atoms with Gasteiger partial charge in [-0.25, -0.2) is 4.98 Å². The highest BCUT2D eigenvalue weighted by atomic mass is 15.1. The van der Waals surface area contributed by atoms with Gasteiger partial charge in [-0.05, 0) is 31.0 Å². The molecule has 102 valence electrons. The molecule has 1 saturated heterocycles. The number of fused-ring (bicyclic) bond motifs is 1. The fourth-order valence-electron chi connectivity index (χ4n) is 2.95. The molecule has 0 saturated carbocycles. The van der Waals surface area contributed by atoms with Crippen molar-refractivity contribution in [3.63, 3.8) is 0 Å². The van der Waals surface area contributed by atoms with Crippen molar-refractivity contribution in [1.29, 1.82) is 0 Å². The van der Waals surface area contributed by atoms with Crippen LogP contribution in [0.15, 0.2) is 18.2 Å². The van der Waals surface area contributed by atoms with Crippen molar-refractivity contribution in [3.05, 3.63) is 24.0 Å². The second-order valence-electron chi connectivity index (χ2n) is 5.37. The predicted octanol–water partition coefficient (Wildman–Crippen LogP) is 2.41. The van der Waals surface area contributed by atoms with E-state index < -0.39 is 0 Å². The minimum atomic E-state index is 0.490. The highest BCUT2D eigenvalue weighted by Crippen LogP contribution is 2.24. The fourth-order valence-corrected chi connectivity index (χ4v) is 2.95. The van der Waals surface area contributed by atoms with E-state index in [9.17, 15) is 0 Å². The molecule has 1 aliphatic rings. The second-order valence-corrected chi connectivity index (χ2v) is 5.37. The Kier molecular flexibility index (Phi) is 3.42. The minimum Gasteiger partial charge on any atom is -0.371 e. The van der Waals surface area contributed by atoms with Crippen LogP contribution < -0.4 is 10.6 Å². The molecule has 4 nitrogen and oxygen atoms in total. The van der Waals surface area contributed by atoms with Gasteiger partial charge in [0, 0.05) is 25.8 Å². The molecule has 0 atom stereocenters. The van der Waals surface area contributed by atoms with Gasteiger partial charge >= 0.3 is 0 Å². The molecule has 0 unspecified atom stereocenters. The van der Waals surface area contributed by atoms with Gasteiger partial charge in [-0.3, -0.25) is 0 Å². The van der Waals surface area contributed by atoms with Gasteiger partial charge in [0.25, 0.3) is 0 Å². The lowest BCUT2D eigenvalue weighted by atomic mass is 10.2. The zero-order valence-corrected chi connectivity index (χ0v) is 11.6. The van der Waals surface area contributed by atoms with Gasteiger partial charge in [0.05, 0.1) is 17.6 Å². The smallest absolute Gasteiger partial charge is 0.123 e. The molecule has 0 bridgehead atoms. The summed E-state index contributed by atoms with van der Waals surface area (Å²) in [5.41, 5.74) is 9.25. The lowest BCUT2D eigenvalue weighted by Crippen LogP contribution is -2.23. The first-order valence-electron chi connectivity index (χ1n) is 7.20. The van der Waals surface area contributed by atoms with Gasteiger partial charge in [-0.15, -0.1) is 0 Å². The van der Waals surface area contributed by atoms with Crippen molar-refractivity contribution >= 4 is 16.7 Å². The molecule has 1 aromatic carbocycles. The van der Waals surface area contributed by atoms with Crippen LogP contribution in [0.4, 0.5) is 5.69 Å². The van der Waals surface area contributed by atoms with E-state index in [1.165, 1.54) is 50.0 Å². The number of aryl methyl sites for hydroxylation is 1. The summed E-state index contributed by atoms with van der Waals surface area (Å²) in [6.07, 6.45) is 5.32. The summed E-state index contributed by atoms with van der Waals surface area (Å²) in [6, 6.07) is 6.59. The normalized spacial score (nSPS) is 16.8. The number of nitrogens with zero attached hydrogens (tertiary/aromatic N) is 3. The Balaban J connectivity index is 1.96. The average molecular weight is 258 g/mol. The lowest BCUT2D eigenvalue weighted by molar-refractivity contribution is 0.726. The fraction of sp³-hybridized carbons (Fsp3) is 0.533. The van der Waals surface area contributed by atoms with Crippen molar-refractivity contribution in [2.45, 2.75) is 32.2 Å². The third-order valence-electron chi connectivity index (χ3n) is 4.11. The Labute approximate surface area is 114 Å². The molecule has 0 aliphatic carbocycles. The lowest BCUT2D eigenvalue weighted by Gasteiger charge is -2.22. The molecule has 1 aliphatic heterocycles. The van der Waals surface area contributed by atoms with Crippen LogP contribution in [0.1, 0.15) is 31.5 Å². The standard InChI is InChI=1S/C15H22N4/c1-18-14-7-6-12(10-13(14)17-15(18)11-16)19-8-4-2-3-5-9-19/h6-7,10H,2-5,8-9,11,16H2,1H3. The van der Waals surface area contributed by atoms with E-state index in [0.717, 1.165) is 11.3 Å². The number of aromatic nitrogens is 2. The third-order valence-corrected chi connectivity index (χ3v) is 4.11. The summed E-state index contributed by atoms with van der Waals surface area (Å²) in [7, 11) is 2.03. The predicted molar refractivity (Wildman–Crippen MR) is 79.3 cm³/mol. The molecule has 19 heavy (non-hydrogen) atoms. The topological polar surface area (TPSA) is 47.1 Å². The van der Waals surface area contributed by atoms with Gasteiger partial charge in [0.15, 0.2) is 0 Å². The zero-order chi connectivity index (χ0) is 13.2. The molecule has 2 aromatic rings. The third kappa shape index (κ3) is 2.32. The first-order valence-corrected chi connectivity index (χ1v) is 7.20. The van der Waals surface area contributed by atoms with Crippen LogP contribution in [0.3, 0.4) is 0 Å². The molecular formula is C15H22N4. The van der Waals surface area contributed by atoms with Crippen LogP contribution >= 0.6 is 0 Å². The quantitative estimate of drug-likeness (QED) is 0.900. The van der Waals surface area contributed by atoms with E-state index in [1.54, 1.807) is 0 Å². The minimum absolute atomic E-state index is 0.490. The Hall–Kier alpha value is -1.55. The highest BCUT2D eigenvalue weighted by molar-refractivity contribution is 5.80. The largest absolute Gasteiger partial charge is 0.371 e. The van der Waals surface area contributed by atoms with E-state index in [1.807, 2.05) is 7.05 Å². The van der Waals surface area contributed by atoms with Crippen LogP contribution in [0.2, 0.25) is 0 Å². The van der Waals surface area contributed by atoms with Crippen LogP contribution in [-0.2, 0) is 13.6 Å². The molecular weight excluding hydrogens is 236 g/mol. The maximum atomic E-state index is 5.72. The highest BCUT2D eigenvalue weighted by Gasteiger charge is 2.12. The maximum absolute atomic E-state index is 5.72. The number of hydrogen-bond donors (Lipinski definition) is 1. The Morgan fingerprint density at radius 1 is 1.16 bits per heavy atom. The summed E-state index contributed by atoms with van der Waals surface area (Å²) in [4.78, 5) is 7.11. The molecule has 4 heteroatoms. The number of anilines is 1. The summed E-state index contributed by atoms with van der Waals surface area (Å²) >= 11 is 0. The van der Waals surface area contributed by atoms with E-state index >= 15 is 0 Å². The van der Waals surface area contributed by atoms with Crippen LogP contribution in [0.5, 0.6) is 0 Å². The Bertz CT molecular complexity index is 565. The second kappa shape index (κ2) is 5.21. The number of hydrogen-bond acceptors (Lipinski definition) is 3. The molecule has 3 rings (SSSR count). The monoisotopic (exact) mass is 258 g/mol. The van der Waals surface area contributed by atoms with Crippen molar-refractivity contribution in [2.75, 3.05) is 18.0 Å². The van der Waals surface area contributed by atoms with Gasteiger partial charge in [0.2, 0.25) is 0 Å². The molecule has 2 N–H and O–H groups in total. The molecule has 1 aromatic heterocycles. The maximum Gasteiger partial charge on any atom is 0.123 e. The number of imidazole rings is 1. The molecule has 0 radical (unpaired) electrons. The van der Waals surface area contributed by atoms with E-state index in [0.29, 0.717) is 6.54 Å². The van der Waals surface area contributed by atoms with Gasteiger partial charge in [-0.1, -0.05) is 12.8 Å². The molecule has 2 heterocycles. The first-order chi connectivity index (χ1) is 9.29. The van der Waals surface area contributed by atoms with Gasteiger partial charge in [-0.2, -0.15) is 0 Å². The zero-order valence-electron chi connectivity index (χ0n) is 11.6. The van der Waals surface area contributed by atoms with Crippen molar-refractivity contribution < 1.29 is 0 Å². The number of nitrogens with two attached hydrogens (primary N) is 1. The SMILES string of the molecule is Cn1c(CN)nc2cc(N3CCCCCC3)ccc21. The average Bonchev–Trinajstić information content (AvgIpc) is 2.63. The molecule has 0 amide bonds. The summed E-state index contributed by atoms with van der Waals surface area (Å²) in [5.74, 6) is 0.947. The van der Waals surface area contributed by atoms with Crippen molar-refractivity contribution in [1.82, 2.24) is 9.55 Å². The molecule has 1 fully saturated rings. The van der Waals surface area contributed by atoms with E-state index in [4.69, 9.17) is 5.73 Å².